The average Bonchev–Trinajstić information content (AvgIpc) is 1.97. The molecule has 5 heteroatoms. The number of anilines is 2. The van der Waals surface area contributed by atoms with E-state index in [0.717, 1.165) is 6.07 Å². The maximum atomic E-state index is 12.7. The van der Waals surface area contributed by atoms with Gasteiger partial charge in [0.2, 0.25) is 0 Å². The summed E-state index contributed by atoms with van der Waals surface area (Å²) < 4.78 is 25.2. The van der Waals surface area contributed by atoms with E-state index >= 15 is 0 Å². The lowest BCUT2D eigenvalue weighted by Gasteiger charge is -2.04. The first kappa shape index (κ1) is 7.85. The number of hydrogen-bond donors (Lipinski definition) is 2. The third-order valence-electron chi connectivity index (χ3n) is 1.32. The highest BCUT2D eigenvalue weighted by Gasteiger charge is 2.09. The van der Waals surface area contributed by atoms with Crippen molar-refractivity contribution >= 4 is 24.7 Å². The summed E-state index contributed by atoms with van der Waals surface area (Å²) >= 11 is 0. The molecule has 56 valence electrons. The predicted molar refractivity (Wildman–Crippen MR) is 40.6 cm³/mol. The Morgan fingerprint density at radius 3 is 2.36 bits per heavy atom. The second-order valence-corrected chi connectivity index (χ2v) is 2.09. The van der Waals surface area contributed by atoms with Crippen LogP contribution in [0.15, 0.2) is 6.07 Å². The van der Waals surface area contributed by atoms with Crippen LogP contribution in [0, 0.1) is 11.6 Å². The summed E-state index contributed by atoms with van der Waals surface area (Å²) in [4.78, 5) is 0. The first-order chi connectivity index (χ1) is 5.04. The lowest BCUT2D eigenvalue weighted by Crippen LogP contribution is -2.17. The summed E-state index contributed by atoms with van der Waals surface area (Å²) in [6.45, 7) is 0. The summed E-state index contributed by atoms with van der Waals surface area (Å²) in [7, 11) is 4.97. The Bertz CT molecular complexity index is 275. The van der Waals surface area contributed by atoms with Gasteiger partial charge in [0.25, 0.3) is 0 Å². The van der Waals surface area contributed by atoms with Crippen LogP contribution in [0.5, 0.6) is 0 Å². The van der Waals surface area contributed by atoms with E-state index in [-0.39, 0.29) is 11.4 Å². The van der Waals surface area contributed by atoms with Crippen LogP contribution >= 0.6 is 0 Å². The van der Waals surface area contributed by atoms with Crippen molar-refractivity contribution in [3.63, 3.8) is 0 Å². The van der Waals surface area contributed by atoms with Gasteiger partial charge in [-0.05, 0) is 11.5 Å². The van der Waals surface area contributed by atoms with E-state index in [9.17, 15) is 8.78 Å². The fraction of sp³-hybridized carbons (Fsp3) is 0. The lowest BCUT2D eigenvalue weighted by molar-refractivity contribution is 0.602. The summed E-state index contributed by atoms with van der Waals surface area (Å²) in [5.74, 6) is -1.89. The smallest absolute Gasteiger partial charge is 0.144 e. The van der Waals surface area contributed by atoms with E-state index in [4.69, 9.17) is 19.3 Å². The number of nitrogens with two attached hydrogens (primary N) is 2. The molecule has 0 heterocycles. The topological polar surface area (TPSA) is 52.0 Å². The molecule has 2 radical (unpaired) electrons. The van der Waals surface area contributed by atoms with Crippen molar-refractivity contribution in [1.82, 2.24) is 0 Å². The molecule has 11 heavy (non-hydrogen) atoms. The Kier molecular flexibility index (Phi) is 1.72. The fourth-order valence-corrected chi connectivity index (χ4v) is 0.669. The molecule has 1 aromatic carbocycles. The third kappa shape index (κ3) is 1.13. The van der Waals surface area contributed by atoms with Crippen LogP contribution in [-0.2, 0) is 0 Å². The largest absolute Gasteiger partial charge is 0.397 e. The minimum Gasteiger partial charge on any atom is -0.397 e. The molecule has 0 fully saturated rings. The Labute approximate surface area is 63.6 Å². The van der Waals surface area contributed by atoms with E-state index in [1.165, 1.54) is 0 Å². The van der Waals surface area contributed by atoms with Crippen molar-refractivity contribution in [1.29, 1.82) is 0 Å². The lowest BCUT2D eigenvalue weighted by atomic mass is 9.93. The van der Waals surface area contributed by atoms with Crippen LogP contribution in [0.4, 0.5) is 20.2 Å². The van der Waals surface area contributed by atoms with E-state index in [0.29, 0.717) is 0 Å². The van der Waals surface area contributed by atoms with Crippen molar-refractivity contribution in [3.05, 3.63) is 17.7 Å². The summed E-state index contributed by atoms with van der Waals surface area (Å²) in [5.41, 5.74) is 9.17. The quantitative estimate of drug-likeness (QED) is 0.405. The van der Waals surface area contributed by atoms with Crippen molar-refractivity contribution in [3.8, 4) is 0 Å². The molecular weight excluding hydrogens is 149 g/mol. The Hall–Kier alpha value is -1.26. The number of nitrogen functional groups attached to an aromatic ring is 2. The van der Waals surface area contributed by atoms with Gasteiger partial charge in [-0.3, -0.25) is 0 Å². The Morgan fingerprint density at radius 1 is 1.27 bits per heavy atom. The van der Waals surface area contributed by atoms with E-state index in [1.54, 1.807) is 0 Å². The molecular formula is C6H5BF2N2. The monoisotopic (exact) mass is 154 g/mol. The van der Waals surface area contributed by atoms with Crippen molar-refractivity contribution in [2.24, 2.45) is 0 Å². The molecule has 4 N–H and O–H groups in total. The number of hydrogen-bond acceptors (Lipinski definition) is 2. The number of rotatable bonds is 0. The molecule has 1 aromatic rings. The van der Waals surface area contributed by atoms with Gasteiger partial charge in [0.05, 0.1) is 11.4 Å². The normalized spacial score (nSPS) is 10.0. The maximum Gasteiger partial charge on any atom is 0.144 e. The zero-order valence-electron chi connectivity index (χ0n) is 5.57. The molecule has 0 saturated carbocycles. The van der Waals surface area contributed by atoms with Crippen LogP contribution in [0.25, 0.3) is 0 Å². The van der Waals surface area contributed by atoms with Crippen molar-refractivity contribution < 1.29 is 8.78 Å². The third-order valence-corrected chi connectivity index (χ3v) is 1.32. The molecule has 0 atom stereocenters. The van der Waals surface area contributed by atoms with Gasteiger partial charge in [0.15, 0.2) is 0 Å². The van der Waals surface area contributed by atoms with Gasteiger partial charge < -0.3 is 11.5 Å². The molecule has 0 aliphatic heterocycles. The minimum absolute atomic E-state index is 0.144. The highest BCUT2D eigenvalue weighted by Crippen LogP contribution is 2.17. The minimum atomic E-state index is -0.998. The van der Waals surface area contributed by atoms with Crippen LogP contribution in [0.1, 0.15) is 0 Å². The SMILES string of the molecule is [B]c1c(F)cc(N)c(N)c1F. The zero-order chi connectivity index (χ0) is 8.59. The average molecular weight is 154 g/mol. The van der Waals surface area contributed by atoms with Crippen molar-refractivity contribution in [2.75, 3.05) is 11.5 Å². The second-order valence-electron chi connectivity index (χ2n) is 2.09. The van der Waals surface area contributed by atoms with Crippen LogP contribution in [0.3, 0.4) is 0 Å². The van der Waals surface area contributed by atoms with E-state index in [1.807, 2.05) is 0 Å². The van der Waals surface area contributed by atoms with Gasteiger partial charge >= 0.3 is 0 Å². The number of halogens is 2. The standard InChI is InChI=1S/C6H5BF2N2/c7-4-2(8)1-3(10)6(11)5(4)9/h1H,10-11H2. The Balaban J connectivity index is 3.46. The van der Waals surface area contributed by atoms with Crippen LogP contribution in [-0.4, -0.2) is 7.85 Å². The summed E-state index contributed by atoms with van der Waals surface area (Å²) in [6.07, 6.45) is 0. The fourth-order valence-electron chi connectivity index (χ4n) is 0.669. The van der Waals surface area contributed by atoms with Gasteiger partial charge in [-0.1, -0.05) is 0 Å². The summed E-state index contributed by atoms with van der Waals surface area (Å²) in [6, 6.07) is 0.883. The van der Waals surface area contributed by atoms with E-state index in [2.05, 4.69) is 0 Å². The predicted octanol–water partition coefficient (Wildman–Crippen LogP) is -0.0770. The molecule has 0 amide bonds. The van der Waals surface area contributed by atoms with Crippen molar-refractivity contribution in [2.45, 2.75) is 0 Å². The second kappa shape index (κ2) is 2.41. The van der Waals surface area contributed by atoms with E-state index < -0.39 is 17.1 Å². The molecule has 1 rings (SSSR count). The molecule has 0 bridgehead atoms. The highest BCUT2D eigenvalue weighted by molar-refractivity contribution is 6.33. The molecule has 2 nitrogen and oxygen atoms in total. The zero-order valence-corrected chi connectivity index (χ0v) is 5.57. The van der Waals surface area contributed by atoms with Gasteiger partial charge in [0, 0.05) is 0 Å². The first-order valence-corrected chi connectivity index (χ1v) is 2.82. The van der Waals surface area contributed by atoms with Gasteiger partial charge in [-0.25, -0.2) is 8.78 Å². The Morgan fingerprint density at radius 2 is 1.82 bits per heavy atom. The highest BCUT2D eigenvalue weighted by atomic mass is 19.1. The molecule has 0 aromatic heterocycles. The molecule has 0 saturated heterocycles. The molecule has 0 unspecified atom stereocenters. The molecule has 0 aliphatic rings. The first-order valence-electron chi connectivity index (χ1n) is 2.82. The van der Waals surface area contributed by atoms with Gasteiger partial charge in [-0.2, -0.15) is 0 Å². The molecule has 0 aliphatic carbocycles. The summed E-state index contributed by atoms with van der Waals surface area (Å²) in [5, 5.41) is 0. The maximum absolute atomic E-state index is 12.7. The number of benzene rings is 1. The van der Waals surface area contributed by atoms with Gasteiger partial charge in [-0.15, -0.1) is 0 Å². The van der Waals surface area contributed by atoms with Crippen LogP contribution in [0.2, 0.25) is 0 Å². The van der Waals surface area contributed by atoms with Gasteiger partial charge in [0.1, 0.15) is 19.5 Å². The molecule has 0 spiro atoms. The van der Waals surface area contributed by atoms with Crippen LogP contribution < -0.4 is 16.9 Å².